The largest absolute Gasteiger partial charge is 0.465 e. The van der Waals surface area contributed by atoms with E-state index < -0.39 is 5.97 Å². The number of carbonyl (C=O) groups is 2. The van der Waals surface area contributed by atoms with Gasteiger partial charge < -0.3 is 19.4 Å². The summed E-state index contributed by atoms with van der Waals surface area (Å²) >= 11 is 6.08. The average molecular weight is 469 g/mol. The molecule has 0 radical (unpaired) electrons. The number of aryl methyl sites for hydroxylation is 1. The minimum absolute atomic E-state index is 0.244. The maximum absolute atomic E-state index is 12.7. The van der Waals surface area contributed by atoms with Crippen molar-refractivity contribution in [2.45, 2.75) is 13.5 Å². The number of halogens is 1. The summed E-state index contributed by atoms with van der Waals surface area (Å²) in [5.41, 5.74) is 2.47. The molecule has 0 aliphatic carbocycles. The third-order valence-corrected chi connectivity index (χ3v) is 5.81. The zero-order valence-corrected chi connectivity index (χ0v) is 19.3. The summed E-state index contributed by atoms with van der Waals surface area (Å²) < 4.78 is 10.6. The van der Waals surface area contributed by atoms with Crippen molar-refractivity contribution in [1.82, 2.24) is 14.8 Å². The van der Waals surface area contributed by atoms with Crippen molar-refractivity contribution >= 4 is 29.3 Å². The van der Waals surface area contributed by atoms with E-state index in [0.717, 1.165) is 17.0 Å². The number of carbonyl (C=O) groups excluding carboxylic acids is 2. The number of piperazine rings is 1. The first-order valence-electron chi connectivity index (χ1n) is 10.6. The summed E-state index contributed by atoms with van der Waals surface area (Å²) in [7, 11) is 1.31. The van der Waals surface area contributed by atoms with Crippen LogP contribution in [0.3, 0.4) is 0 Å². The van der Waals surface area contributed by atoms with Gasteiger partial charge in [0, 0.05) is 43.3 Å². The molecule has 172 valence electrons. The van der Waals surface area contributed by atoms with Gasteiger partial charge in [-0.1, -0.05) is 29.8 Å². The summed E-state index contributed by atoms with van der Waals surface area (Å²) in [6.45, 7) is 5.06. The van der Waals surface area contributed by atoms with Crippen molar-refractivity contribution in [3.8, 4) is 11.5 Å². The number of methoxy groups -OCH3 is 1. The van der Waals surface area contributed by atoms with Gasteiger partial charge in [0.2, 0.25) is 5.89 Å². The molecule has 33 heavy (non-hydrogen) atoms. The van der Waals surface area contributed by atoms with Gasteiger partial charge in [-0.05, 0) is 37.3 Å². The molecule has 0 spiro atoms. The lowest BCUT2D eigenvalue weighted by molar-refractivity contribution is 0.0602. The number of hydrogen-bond acceptors (Lipinski definition) is 6. The fourth-order valence-electron chi connectivity index (χ4n) is 3.71. The van der Waals surface area contributed by atoms with Crippen LogP contribution in [0.2, 0.25) is 5.02 Å². The van der Waals surface area contributed by atoms with Gasteiger partial charge in [0.25, 0.3) is 0 Å². The quantitative estimate of drug-likeness (QED) is 0.557. The third kappa shape index (κ3) is 5.35. The van der Waals surface area contributed by atoms with Gasteiger partial charge in [0.1, 0.15) is 5.76 Å². The van der Waals surface area contributed by atoms with E-state index in [4.69, 9.17) is 20.8 Å². The molecule has 1 aliphatic rings. The van der Waals surface area contributed by atoms with E-state index in [9.17, 15) is 9.59 Å². The molecule has 0 saturated carbocycles. The van der Waals surface area contributed by atoms with Gasteiger partial charge in [-0.2, -0.15) is 0 Å². The van der Waals surface area contributed by atoms with Crippen LogP contribution in [0, 0.1) is 6.92 Å². The van der Waals surface area contributed by atoms with Gasteiger partial charge in [0.05, 0.1) is 24.1 Å². The molecular weight excluding hydrogens is 444 g/mol. The lowest BCUT2D eigenvalue weighted by Crippen LogP contribution is -2.49. The average Bonchev–Trinajstić information content (AvgIpc) is 3.19. The van der Waals surface area contributed by atoms with Gasteiger partial charge in [-0.3, -0.25) is 4.90 Å². The molecule has 1 aliphatic heterocycles. The molecule has 0 bridgehead atoms. The molecule has 1 aromatic heterocycles. The smallest absolute Gasteiger partial charge is 0.339 e. The van der Waals surface area contributed by atoms with Crippen molar-refractivity contribution in [3.05, 3.63) is 70.6 Å². The lowest BCUT2D eigenvalue weighted by atomic mass is 10.2. The Labute approximate surface area is 197 Å². The van der Waals surface area contributed by atoms with Crippen LogP contribution in [0.15, 0.2) is 52.9 Å². The number of nitrogens with one attached hydrogen (secondary N) is 1. The van der Waals surface area contributed by atoms with Crippen molar-refractivity contribution in [2.24, 2.45) is 0 Å². The minimum atomic E-state index is -0.490. The molecule has 0 unspecified atom stereocenters. The number of oxazole rings is 1. The second-order valence-electron chi connectivity index (χ2n) is 7.76. The standard InChI is InChI=1S/C24H25ClN4O4/c1-16-21(26-22(33-16)17-6-5-7-18(25)14-17)15-28-10-12-29(13-11-28)24(31)27-20-9-4-3-8-19(20)23(30)32-2/h3-9,14H,10-13,15H2,1-2H3,(H,27,31). The van der Waals surface area contributed by atoms with Crippen LogP contribution in [-0.2, 0) is 11.3 Å². The summed E-state index contributed by atoms with van der Waals surface area (Å²) in [5, 5.41) is 3.46. The number of nitrogens with zero attached hydrogens (tertiary/aromatic N) is 3. The molecule has 2 heterocycles. The Kier molecular flexibility index (Phi) is 6.96. The summed E-state index contributed by atoms with van der Waals surface area (Å²) in [4.78, 5) is 33.3. The highest BCUT2D eigenvalue weighted by atomic mass is 35.5. The van der Waals surface area contributed by atoms with E-state index in [2.05, 4.69) is 15.2 Å². The maximum atomic E-state index is 12.7. The lowest BCUT2D eigenvalue weighted by Gasteiger charge is -2.34. The van der Waals surface area contributed by atoms with Crippen LogP contribution in [0.1, 0.15) is 21.8 Å². The number of esters is 1. The Morgan fingerprint density at radius 1 is 1.12 bits per heavy atom. The van der Waals surface area contributed by atoms with Gasteiger partial charge in [-0.25, -0.2) is 14.6 Å². The highest BCUT2D eigenvalue weighted by molar-refractivity contribution is 6.30. The molecule has 8 nitrogen and oxygen atoms in total. The molecule has 2 amide bonds. The molecule has 4 rings (SSSR count). The van der Waals surface area contributed by atoms with Crippen LogP contribution >= 0.6 is 11.6 Å². The molecular formula is C24H25ClN4O4. The molecule has 2 aromatic carbocycles. The Morgan fingerprint density at radius 3 is 2.61 bits per heavy atom. The minimum Gasteiger partial charge on any atom is -0.465 e. The molecule has 1 fully saturated rings. The van der Waals surface area contributed by atoms with E-state index in [1.165, 1.54) is 7.11 Å². The van der Waals surface area contributed by atoms with E-state index in [1.54, 1.807) is 29.2 Å². The predicted octanol–water partition coefficient (Wildman–Crippen LogP) is 4.44. The number of benzene rings is 2. The molecule has 3 aromatic rings. The second kappa shape index (κ2) is 10.1. The highest BCUT2D eigenvalue weighted by Crippen LogP contribution is 2.25. The fraction of sp³-hybridized carbons (Fsp3) is 0.292. The van der Waals surface area contributed by atoms with Gasteiger partial charge in [0.15, 0.2) is 0 Å². The summed E-state index contributed by atoms with van der Waals surface area (Å²) in [6.07, 6.45) is 0. The molecule has 9 heteroatoms. The van der Waals surface area contributed by atoms with Gasteiger partial charge in [-0.15, -0.1) is 0 Å². The van der Waals surface area contributed by atoms with E-state index in [0.29, 0.717) is 54.9 Å². The number of anilines is 1. The van der Waals surface area contributed by atoms with Crippen LogP contribution in [0.4, 0.5) is 10.5 Å². The first-order valence-corrected chi connectivity index (χ1v) is 11.0. The topological polar surface area (TPSA) is 87.9 Å². The number of para-hydroxylation sites is 1. The Morgan fingerprint density at radius 2 is 1.88 bits per heavy atom. The Balaban J connectivity index is 1.34. The van der Waals surface area contributed by atoms with E-state index in [-0.39, 0.29) is 6.03 Å². The predicted molar refractivity (Wildman–Crippen MR) is 125 cm³/mol. The number of hydrogen-bond donors (Lipinski definition) is 1. The molecule has 1 N–H and O–H groups in total. The first kappa shape index (κ1) is 22.8. The third-order valence-electron chi connectivity index (χ3n) is 5.57. The highest BCUT2D eigenvalue weighted by Gasteiger charge is 2.24. The first-order chi connectivity index (χ1) is 15.9. The van der Waals surface area contributed by atoms with E-state index in [1.807, 2.05) is 31.2 Å². The van der Waals surface area contributed by atoms with Crippen LogP contribution in [-0.4, -0.2) is 60.1 Å². The summed E-state index contributed by atoms with van der Waals surface area (Å²) in [6, 6.07) is 14.0. The fourth-order valence-corrected chi connectivity index (χ4v) is 3.91. The normalized spacial score (nSPS) is 14.2. The van der Waals surface area contributed by atoms with Crippen molar-refractivity contribution in [3.63, 3.8) is 0 Å². The number of rotatable bonds is 5. The number of amides is 2. The number of ether oxygens (including phenoxy) is 1. The zero-order chi connectivity index (χ0) is 23.4. The Bertz CT molecular complexity index is 1150. The van der Waals surface area contributed by atoms with Gasteiger partial charge >= 0.3 is 12.0 Å². The van der Waals surface area contributed by atoms with Crippen molar-refractivity contribution in [2.75, 3.05) is 38.6 Å². The molecule has 1 saturated heterocycles. The van der Waals surface area contributed by atoms with Crippen LogP contribution in [0.25, 0.3) is 11.5 Å². The second-order valence-corrected chi connectivity index (χ2v) is 8.20. The van der Waals surface area contributed by atoms with Crippen LogP contribution in [0.5, 0.6) is 0 Å². The number of urea groups is 1. The molecule has 0 atom stereocenters. The number of aromatic nitrogens is 1. The van der Waals surface area contributed by atoms with E-state index >= 15 is 0 Å². The van der Waals surface area contributed by atoms with Crippen molar-refractivity contribution in [1.29, 1.82) is 0 Å². The monoisotopic (exact) mass is 468 g/mol. The van der Waals surface area contributed by atoms with Crippen molar-refractivity contribution < 1.29 is 18.7 Å². The van der Waals surface area contributed by atoms with Crippen LogP contribution < -0.4 is 5.32 Å². The summed E-state index contributed by atoms with van der Waals surface area (Å²) in [5.74, 6) is 0.827. The SMILES string of the molecule is COC(=O)c1ccccc1NC(=O)N1CCN(Cc2nc(-c3cccc(Cl)c3)oc2C)CC1. The Hall–Kier alpha value is -3.36. The maximum Gasteiger partial charge on any atom is 0.339 e. The zero-order valence-electron chi connectivity index (χ0n) is 18.5.